The van der Waals surface area contributed by atoms with E-state index in [1.54, 1.807) is 73.8 Å². The van der Waals surface area contributed by atoms with E-state index in [4.69, 9.17) is 19.5 Å². The molecule has 2 N–H and O–H groups in total. The minimum absolute atomic E-state index is 0.234. The van der Waals surface area contributed by atoms with Crippen LogP contribution in [0.4, 0.5) is 5.69 Å². The topological polar surface area (TPSA) is 118 Å². The van der Waals surface area contributed by atoms with E-state index in [9.17, 15) is 14.7 Å². The van der Waals surface area contributed by atoms with Crippen molar-refractivity contribution in [1.82, 2.24) is 0 Å². The van der Waals surface area contributed by atoms with E-state index >= 15 is 0 Å². The molecule has 0 bridgehead atoms. The Morgan fingerprint density at radius 1 is 0.971 bits per heavy atom. The van der Waals surface area contributed by atoms with Crippen molar-refractivity contribution in [2.45, 2.75) is 13.0 Å². The molecule has 0 fully saturated rings. The number of carboxylic acids is 1. The van der Waals surface area contributed by atoms with Gasteiger partial charge < -0.3 is 24.6 Å². The number of rotatable bonds is 11. The Balaban J connectivity index is 1.81. The Labute approximate surface area is 197 Å². The molecule has 0 spiro atoms. The molecule has 0 heterocycles. The molecule has 0 radical (unpaired) electrons. The maximum absolute atomic E-state index is 12.5. The second-order valence-electron chi connectivity index (χ2n) is 7.22. The predicted octanol–water partition coefficient (Wildman–Crippen LogP) is 4.47. The number of nitriles is 1. The highest BCUT2D eigenvalue weighted by molar-refractivity contribution is 5.97. The van der Waals surface area contributed by atoms with Gasteiger partial charge in [-0.1, -0.05) is 0 Å². The first-order valence-electron chi connectivity index (χ1n) is 10.5. The van der Waals surface area contributed by atoms with Gasteiger partial charge in [-0.25, -0.2) is 4.79 Å². The molecule has 3 aromatic rings. The van der Waals surface area contributed by atoms with Gasteiger partial charge in [0.2, 0.25) is 0 Å². The van der Waals surface area contributed by atoms with Gasteiger partial charge in [-0.2, -0.15) is 5.26 Å². The second kappa shape index (κ2) is 11.4. The molecule has 3 aromatic carbocycles. The summed E-state index contributed by atoms with van der Waals surface area (Å²) in [6.07, 6.45) is 0. The molecule has 34 heavy (non-hydrogen) atoms. The number of hydrogen-bond acceptors (Lipinski definition) is 7. The van der Waals surface area contributed by atoms with Gasteiger partial charge in [0.1, 0.15) is 17.2 Å². The summed E-state index contributed by atoms with van der Waals surface area (Å²) in [7, 11) is 1.55. The Hall–Kier alpha value is -4.51. The molecular weight excluding hydrogens is 436 g/mol. The number of carbonyl (C=O) groups excluding carboxylic acids is 1. The fourth-order valence-corrected chi connectivity index (χ4v) is 3.20. The summed E-state index contributed by atoms with van der Waals surface area (Å²) < 4.78 is 16.4. The highest BCUT2D eigenvalue weighted by atomic mass is 16.5. The zero-order valence-electron chi connectivity index (χ0n) is 18.8. The van der Waals surface area contributed by atoms with Crippen molar-refractivity contribution in [2.75, 3.05) is 25.6 Å². The Bertz CT molecular complexity index is 1180. The molecule has 3 rings (SSSR count). The minimum atomic E-state index is -1.12. The largest absolute Gasteiger partial charge is 0.497 e. The van der Waals surface area contributed by atoms with Gasteiger partial charge in [0, 0.05) is 17.3 Å². The quantitative estimate of drug-likeness (QED) is 0.403. The number of ether oxygens (including phenoxy) is 3. The molecule has 0 aromatic heterocycles. The van der Waals surface area contributed by atoms with Crippen molar-refractivity contribution in [3.05, 3.63) is 83.4 Å². The van der Waals surface area contributed by atoms with Gasteiger partial charge in [0.25, 0.3) is 0 Å². The molecular formula is C26H24N2O6. The number of nitrogens with zero attached hydrogens (tertiary/aromatic N) is 1. The molecule has 8 nitrogen and oxygen atoms in total. The van der Waals surface area contributed by atoms with Crippen molar-refractivity contribution in [2.24, 2.45) is 0 Å². The maximum atomic E-state index is 12.5. The summed E-state index contributed by atoms with van der Waals surface area (Å²) >= 11 is 0. The highest BCUT2D eigenvalue weighted by Gasteiger charge is 2.22. The number of ketones is 1. The molecule has 0 aliphatic carbocycles. The van der Waals surface area contributed by atoms with Gasteiger partial charge in [0.05, 0.1) is 25.3 Å². The van der Waals surface area contributed by atoms with Crippen LogP contribution in [-0.2, 0) is 4.79 Å². The molecule has 1 atom stereocenters. The number of aliphatic carboxylic acids is 1. The average molecular weight is 460 g/mol. The van der Waals surface area contributed by atoms with Crippen LogP contribution in [0.3, 0.4) is 0 Å². The van der Waals surface area contributed by atoms with E-state index in [1.165, 1.54) is 0 Å². The molecule has 0 aliphatic heterocycles. The van der Waals surface area contributed by atoms with Crippen LogP contribution in [0.5, 0.6) is 17.2 Å². The normalized spacial score (nSPS) is 11.1. The van der Waals surface area contributed by atoms with Crippen LogP contribution in [-0.4, -0.2) is 37.2 Å². The number of methoxy groups -OCH3 is 1. The molecule has 0 unspecified atom stereocenters. The van der Waals surface area contributed by atoms with Crippen LogP contribution in [0.2, 0.25) is 0 Å². The van der Waals surface area contributed by atoms with Gasteiger partial charge in [-0.15, -0.1) is 0 Å². The van der Waals surface area contributed by atoms with Crippen LogP contribution in [0, 0.1) is 11.3 Å². The molecule has 0 amide bonds. The predicted molar refractivity (Wildman–Crippen MR) is 126 cm³/mol. The van der Waals surface area contributed by atoms with Crippen molar-refractivity contribution >= 4 is 17.4 Å². The fraction of sp³-hybridized carbons (Fsp3) is 0.192. The number of benzene rings is 3. The summed E-state index contributed by atoms with van der Waals surface area (Å²) in [4.78, 5) is 24.6. The van der Waals surface area contributed by atoms with Gasteiger partial charge in [-0.05, 0) is 73.2 Å². The molecule has 0 saturated carbocycles. The zero-order valence-corrected chi connectivity index (χ0v) is 18.8. The van der Waals surface area contributed by atoms with E-state index in [0.717, 1.165) is 0 Å². The molecule has 0 aliphatic rings. The third kappa shape index (κ3) is 6.26. The van der Waals surface area contributed by atoms with E-state index in [0.29, 0.717) is 46.2 Å². The zero-order chi connectivity index (χ0) is 24.5. The van der Waals surface area contributed by atoms with Gasteiger partial charge in [0.15, 0.2) is 18.4 Å². The van der Waals surface area contributed by atoms with Crippen LogP contribution >= 0.6 is 0 Å². The molecule has 0 saturated heterocycles. The Kier molecular flexibility index (Phi) is 8.08. The lowest BCUT2D eigenvalue weighted by Crippen LogP contribution is -2.21. The van der Waals surface area contributed by atoms with E-state index in [2.05, 4.69) is 5.32 Å². The number of Topliss-reactive ketones (excluding diaryl/α,β-unsaturated/α-hetero) is 1. The molecule has 8 heteroatoms. The van der Waals surface area contributed by atoms with Crippen LogP contribution < -0.4 is 19.5 Å². The number of nitrogens with one attached hydrogen (secondary N) is 1. The summed E-state index contributed by atoms with van der Waals surface area (Å²) in [5.74, 6) is 0.00578. The van der Waals surface area contributed by atoms with Crippen LogP contribution in [0.1, 0.15) is 34.5 Å². The number of hydrogen-bond donors (Lipinski definition) is 2. The maximum Gasteiger partial charge on any atom is 0.330 e. The van der Waals surface area contributed by atoms with Crippen LogP contribution in [0.15, 0.2) is 66.7 Å². The number of carboxylic acid groups (broad SMARTS) is 1. The highest BCUT2D eigenvalue weighted by Crippen LogP contribution is 2.29. The lowest BCUT2D eigenvalue weighted by atomic mass is 10.1. The average Bonchev–Trinajstić information content (AvgIpc) is 2.86. The van der Waals surface area contributed by atoms with Crippen molar-refractivity contribution in [1.29, 1.82) is 5.26 Å². The van der Waals surface area contributed by atoms with E-state index in [1.807, 2.05) is 13.0 Å². The monoisotopic (exact) mass is 460 g/mol. The van der Waals surface area contributed by atoms with Crippen molar-refractivity contribution in [3.8, 4) is 23.3 Å². The first-order chi connectivity index (χ1) is 16.4. The third-order valence-electron chi connectivity index (χ3n) is 4.90. The van der Waals surface area contributed by atoms with Crippen LogP contribution in [0.25, 0.3) is 0 Å². The van der Waals surface area contributed by atoms with Gasteiger partial charge in [-0.3, -0.25) is 4.79 Å². The summed E-state index contributed by atoms with van der Waals surface area (Å²) in [5.41, 5.74) is 1.85. The minimum Gasteiger partial charge on any atom is -0.497 e. The summed E-state index contributed by atoms with van der Waals surface area (Å²) in [6, 6.07) is 18.8. The van der Waals surface area contributed by atoms with E-state index < -0.39 is 12.0 Å². The smallest absolute Gasteiger partial charge is 0.330 e. The summed E-state index contributed by atoms with van der Waals surface area (Å²) in [6.45, 7) is 1.95. The third-order valence-corrected chi connectivity index (χ3v) is 4.90. The fourth-order valence-electron chi connectivity index (χ4n) is 3.20. The number of carbonyl (C=O) groups is 2. The van der Waals surface area contributed by atoms with Crippen molar-refractivity contribution in [3.63, 3.8) is 0 Å². The number of anilines is 1. The first kappa shape index (κ1) is 24.1. The molecule has 174 valence electrons. The standard InChI is InChI=1S/C26H24N2O6/c1-3-33-22-12-19(25(26(30)31)28-20-8-4-17(15-27)5-9-20)13-23(14-22)34-16-24(29)18-6-10-21(32-2)11-7-18/h4-14,25,28H,3,16H2,1-2H3,(H,30,31)/t25-/m1/s1. The Morgan fingerprint density at radius 2 is 1.62 bits per heavy atom. The second-order valence-corrected chi connectivity index (χ2v) is 7.22. The Morgan fingerprint density at radius 3 is 2.18 bits per heavy atom. The van der Waals surface area contributed by atoms with Gasteiger partial charge >= 0.3 is 5.97 Å². The van der Waals surface area contributed by atoms with Crippen molar-refractivity contribution < 1.29 is 28.9 Å². The lowest BCUT2D eigenvalue weighted by Gasteiger charge is -2.18. The van der Waals surface area contributed by atoms with E-state index in [-0.39, 0.29) is 12.4 Å². The lowest BCUT2D eigenvalue weighted by molar-refractivity contribution is -0.138. The first-order valence-corrected chi connectivity index (χ1v) is 10.5. The summed E-state index contributed by atoms with van der Waals surface area (Å²) in [5, 5.41) is 21.7. The SMILES string of the molecule is CCOc1cc(OCC(=O)c2ccc(OC)cc2)cc([C@@H](Nc2ccc(C#N)cc2)C(=O)O)c1.